The Morgan fingerprint density at radius 3 is 2.57 bits per heavy atom. The number of thiazole rings is 1. The van der Waals surface area contributed by atoms with Crippen LogP contribution >= 0.6 is 22.7 Å². The minimum Gasteiger partial charge on any atom is -0.378 e. The molecule has 1 aromatic carbocycles. The van der Waals surface area contributed by atoms with Crippen molar-refractivity contribution in [3.05, 3.63) is 57.5 Å². The molecule has 0 unspecified atom stereocenters. The van der Waals surface area contributed by atoms with E-state index in [4.69, 9.17) is 9.84 Å². The molecule has 7 heteroatoms. The first-order chi connectivity index (χ1) is 13.8. The van der Waals surface area contributed by atoms with Crippen molar-refractivity contribution in [2.24, 2.45) is 10.1 Å². The van der Waals surface area contributed by atoms with Crippen molar-refractivity contribution < 1.29 is 4.74 Å². The number of nitrogens with zero attached hydrogens (tertiary/aromatic N) is 4. The molecule has 1 aliphatic rings. The zero-order valence-electron chi connectivity index (χ0n) is 16.2. The third-order valence-electron chi connectivity index (χ3n) is 4.66. The fraction of sp³-hybridized carbons (Fsp3) is 0.333. The van der Waals surface area contributed by atoms with Crippen LogP contribution in [0.4, 0.5) is 5.69 Å². The number of aromatic nitrogens is 1. The maximum atomic E-state index is 5.44. The zero-order chi connectivity index (χ0) is 19.3. The van der Waals surface area contributed by atoms with Gasteiger partial charge in [0.05, 0.1) is 29.5 Å². The summed E-state index contributed by atoms with van der Waals surface area (Å²) in [7, 11) is 0. The van der Waals surface area contributed by atoms with E-state index in [1.807, 2.05) is 4.68 Å². The van der Waals surface area contributed by atoms with E-state index in [0.717, 1.165) is 54.6 Å². The molecule has 0 spiro atoms. The van der Waals surface area contributed by atoms with Gasteiger partial charge >= 0.3 is 0 Å². The van der Waals surface area contributed by atoms with Gasteiger partial charge in [0.25, 0.3) is 0 Å². The lowest BCUT2D eigenvalue weighted by Gasteiger charge is -2.28. The molecule has 0 N–H and O–H groups in total. The van der Waals surface area contributed by atoms with Gasteiger partial charge in [-0.3, -0.25) is 4.99 Å². The van der Waals surface area contributed by atoms with Crippen LogP contribution in [0.3, 0.4) is 0 Å². The number of ether oxygens (including phenoxy) is 1. The monoisotopic (exact) mass is 412 g/mol. The van der Waals surface area contributed by atoms with Crippen LogP contribution in [0.15, 0.2) is 57.3 Å². The van der Waals surface area contributed by atoms with E-state index in [-0.39, 0.29) is 0 Å². The summed E-state index contributed by atoms with van der Waals surface area (Å²) in [5.41, 5.74) is 4.43. The second kappa shape index (κ2) is 8.86. The van der Waals surface area contributed by atoms with E-state index < -0.39 is 0 Å². The lowest BCUT2D eigenvalue weighted by Crippen LogP contribution is -2.36. The van der Waals surface area contributed by atoms with Gasteiger partial charge in [-0.2, -0.15) is 5.10 Å². The molecule has 0 saturated carbocycles. The van der Waals surface area contributed by atoms with Crippen LogP contribution in [0, 0.1) is 0 Å². The second-order valence-corrected chi connectivity index (χ2v) is 8.28. The Balaban J connectivity index is 1.65. The number of benzene rings is 1. The minimum atomic E-state index is 0.743. The summed E-state index contributed by atoms with van der Waals surface area (Å²) in [4.78, 5) is 9.11. The third kappa shape index (κ3) is 4.11. The third-order valence-corrected chi connectivity index (χ3v) is 6.41. The molecule has 28 heavy (non-hydrogen) atoms. The highest BCUT2D eigenvalue weighted by Crippen LogP contribution is 2.25. The van der Waals surface area contributed by atoms with E-state index in [2.05, 4.69) is 70.9 Å². The molecule has 1 aliphatic heterocycles. The number of hydrogen-bond donors (Lipinski definition) is 0. The molecule has 1 saturated heterocycles. The van der Waals surface area contributed by atoms with Crippen molar-refractivity contribution in [2.75, 3.05) is 37.7 Å². The first-order valence-corrected chi connectivity index (χ1v) is 11.3. The topological polar surface area (TPSA) is 42.1 Å². The van der Waals surface area contributed by atoms with Gasteiger partial charge in [0, 0.05) is 30.7 Å². The number of morpholine rings is 1. The van der Waals surface area contributed by atoms with Gasteiger partial charge < -0.3 is 9.64 Å². The fourth-order valence-electron chi connectivity index (χ4n) is 3.18. The maximum Gasteiger partial charge on any atom is 0.206 e. The molecule has 0 aliphatic carbocycles. The van der Waals surface area contributed by atoms with E-state index in [0.29, 0.717) is 0 Å². The summed E-state index contributed by atoms with van der Waals surface area (Å²) in [5, 5.41) is 9.16. The van der Waals surface area contributed by atoms with E-state index in [1.165, 1.54) is 10.6 Å². The predicted octanol–water partition coefficient (Wildman–Crippen LogP) is 4.31. The van der Waals surface area contributed by atoms with Gasteiger partial charge in [-0.25, -0.2) is 4.68 Å². The van der Waals surface area contributed by atoms with Crippen molar-refractivity contribution >= 4 is 34.1 Å². The van der Waals surface area contributed by atoms with Crippen LogP contribution in [0.5, 0.6) is 0 Å². The number of thiophene rings is 1. The fourth-order valence-corrected chi connectivity index (χ4v) is 4.87. The Hall–Kier alpha value is -2.22. The Bertz CT molecular complexity index is 994. The van der Waals surface area contributed by atoms with E-state index in [1.54, 1.807) is 22.7 Å². The molecule has 146 valence electrons. The van der Waals surface area contributed by atoms with Crippen LogP contribution in [0.25, 0.3) is 10.6 Å². The molecule has 0 amide bonds. The van der Waals surface area contributed by atoms with Crippen LogP contribution in [-0.4, -0.2) is 43.2 Å². The highest BCUT2D eigenvalue weighted by molar-refractivity contribution is 7.14. The molecule has 0 bridgehead atoms. The molecule has 3 heterocycles. The summed E-state index contributed by atoms with van der Waals surface area (Å²) in [6, 6.07) is 12.8. The smallest absolute Gasteiger partial charge is 0.206 e. The average molecular weight is 413 g/mol. The maximum absolute atomic E-state index is 5.44. The molecule has 2 aromatic heterocycles. The zero-order valence-corrected chi connectivity index (χ0v) is 17.8. The van der Waals surface area contributed by atoms with Crippen molar-refractivity contribution in [3.63, 3.8) is 0 Å². The van der Waals surface area contributed by atoms with Crippen LogP contribution in [0.2, 0.25) is 0 Å². The predicted molar refractivity (Wildman–Crippen MR) is 119 cm³/mol. The Morgan fingerprint density at radius 1 is 1.11 bits per heavy atom. The van der Waals surface area contributed by atoms with Crippen molar-refractivity contribution in [1.82, 2.24) is 4.68 Å². The number of rotatable bonds is 5. The van der Waals surface area contributed by atoms with Gasteiger partial charge in [-0.15, -0.1) is 22.7 Å². The highest BCUT2D eigenvalue weighted by Gasteiger charge is 2.12. The lowest BCUT2D eigenvalue weighted by molar-refractivity contribution is 0.122. The Morgan fingerprint density at radius 2 is 1.89 bits per heavy atom. The van der Waals surface area contributed by atoms with Gasteiger partial charge in [0.15, 0.2) is 0 Å². The summed E-state index contributed by atoms with van der Waals surface area (Å²) in [5.74, 6) is 0. The molecular formula is C21H24N4OS2. The van der Waals surface area contributed by atoms with Crippen molar-refractivity contribution in [2.45, 2.75) is 13.8 Å². The number of anilines is 1. The standard InChI is InChI=1S/C21H24N4OS2/c1-3-22-21-25(19(15-28-21)20-5-4-14-27-20)23-16(2)17-6-8-18(9-7-17)24-10-12-26-13-11-24/h4-9,14-15H,3,10-13H2,1-2H3. The minimum absolute atomic E-state index is 0.743. The van der Waals surface area contributed by atoms with Gasteiger partial charge in [0.1, 0.15) is 0 Å². The normalized spacial score (nSPS) is 16.0. The van der Waals surface area contributed by atoms with Crippen LogP contribution in [0.1, 0.15) is 19.4 Å². The summed E-state index contributed by atoms with van der Waals surface area (Å²) in [6.07, 6.45) is 0. The first kappa shape index (κ1) is 19.1. The molecule has 0 atom stereocenters. The van der Waals surface area contributed by atoms with E-state index in [9.17, 15) is 0 Å². The Kier molecular flexibility index (Phi) is 6.04. The molecule has 0 radical (unpaired) electrons. The summed E-state index contributed by atoms with van der Waals surface area (Å²) in [6.45, 7) is 8.34. The molecule has 4 rings (SSSR count). The van der Waals surface area contributed by atoms with Crippen LogP contribution in [-0.2, 0) is 4.74 Å². The summed E-state index contributed by atoms with van der Waals surface area (Å²) < 4.78 is 7.42. The molecule has 3 aromatic rings. The number of hydrogen-bond acceptors (Lipinski definition) is 6. The van der Waals surface area contributed by atoms with Crippen molar-refractivity contribution in [1.29, 1.82) is 0 Å². The highest BCUT2D eigenvalue weighted by atomic mass is 32.1. The largest absolute Gasteiger partial charge is 0.378 e. The summed E-state index contributed by atoms with van der Waals surface area (Å²) >= 11 is 3.36. The molecule has 5 nitrogen and oxygen atoms in total. The van der Waals surface area contributed by atoms with E-state index >= 15 is 0 Å². The van der Waals surface area contributed by atoms with Gasteiger partial charge in [0.2, 0.25) is 4.80 Å². The molecular weight excluding hydrogens is 388 g/mol. The Labute approximate surface area is 173 Å². The lowest BCUT2D eigenvalue weighted by atomic mass is 10.1. The quantitative estimate of drug-likeness (QED) is 0.586. The second-order valence-electron chi connectivity index (χ2n) is 6.50. The van der Waals surface area contributed by atoms with Crippen LogP contribution < -0.4 is 9.70 Å². The average Bonchev–Trinajstić information content (AvgIpc) is 3.40. The first-order valence-electron chi connectivity index (χ1n) is 9.50. The molecule has 1 fully saturated rings. The van der Waals surface area contributed by atoms with Gasteiger partial charge in [-0.05, 0) is 43.0 Å². The van der Waals surface area contributed by atoms with Crippen molar-refractivity contribution in [3.8, 4) is 10.6 Å². The SMILES string of the molecule is CCN=c1scc(-c2cccs2)n1N=C(C)c1ccc(N2CCOCC2)cc1. The van der Waals surface area contributed by atoms with Gasteiger partial charge in [-0.1, -0.05) is 18.2 Å².